The second-order valence-electron chi connectivity index (χ2n) is 3.12. The average molecular weight is 244 g/mol. The third kappa shape index (κ3) is 3.14. The lowest BCUT2D eigenvalue weighted by molar-refractivity contribution is 0.0753. The number of hydrogen-bond donors (Lipinski definition) is 2. The molecule has 0 saturated heterocycles. The lowest BCUT2D eigenvalue weighted by Crippen LogP contribution is -2.32. The van der Waals surface area contributed by atoms with E-state index in [1.165, 1.54) is 11.3 Å². The summed E-state index contributed by atoms with van der Waals surface area (Å²) in [6.45, 7) is 3.13. The Bertz CT molecular complexity index is 342. The number of amides is 1. The fourth-order valence-electron chi connectivity index (χ4n) is 1.21. The van der Waals surface area contributed by atoms with Gasteiger partial charge in [-0.15, -0.1) is 10.2 Å². The first-order valence-corrected chi connectivity index (χ1v) is 5.96. The molecule has 0 unspecified atom stereocenters. The quantitative estimate of drug-likeness (QED) is 0.758. The molecule has 0 fully saturated rings. The number of aliphatic hydroxyl groups excluding tert-OH is 1. The van der Waals surface area contributed by atoms with E-state index in [4.69, 9.17) is 5.11 Å². The van der Waals surface area contributed by atoms with Crippen molar-refractivity contribution in [3.8, 4) is 0 Å². The number of aliphatic hydroxyl groups is 1. The molecule has 0 aliphatic heterocycles. The Labute approximate surface area is 98.3 Å². The number of rotatable bonds is 6. The maximum absolute atomic E-state index is 11.9. The summed E-state index contributed by atoms with van der Waals surface area (Å²) in [5, 5.41) is 20.2. The van der Waals surface area contributed by atoms with E-state index in [1.54, 1.807) is 11.9 Å². The molecule has 0 spiro atoms. The molecule has 90 valence electrons. The minimum absolute atomic E-state index is 0.0850. The Balaban J connectivity index is 2.66. The first-order chi connectivity index (χ1) is 7.72. The van der Waals surface area contributed by atoms with E-state index in [0.29, 0.717) is 29.6 Å². The van der Waals surface area contributed by atoms with Crippen LogP contribution in [-0.2, 0) is 0 Å². The molecule has 0 atom stereocenters. The summed E-state index contributed by atoms with van der Waals surface area (Å²) in [7, 11) is 1.73. The topological polar surface area (TPSA) is 78.3 Å². The summed E-state index contributed by atoms with van der Waals surface area (Å²) < 4.78 is 0. The van der Waals surface area contributed by atoms with Crippen molar-refractivity contribution in [2.75, 3.05) is 32.1 Å². The number of anilines is 1. The molecule has 0 radical (unpaired) electrons. The Morgan fingerprint density at radius 3 is 2.81 bits per heavy atom. The second kappa shape index (κ2) is 6.39. The zero-order chi connectivity index (χ0) is 12.0. The molecule has 7 heteroatoms. The van der Waals surface area contributed by atoms with E-state index in [9.17, 15) is 4.79 Å². The molecule has 0 aliphatic rings. The SMILES string of the molecule is CCN(CCCO)C(=O)c1nnc(NC)s1. The summed E-state index contributed by atoms with van der Waals surface area (Å²) in [5.41, 5.74) is 0. The molecule has 0 aromatic carbocycles. The maximum atomic E-state index is 11.9. The van der Waals surface area contributed by atoms with Gasteiger partial charge in [0.15, 0.2) is 0 Å². The van der Waals surface area contributed by atoms with E-state index in [1.807, 2.05) is 6.92 Å². The molecular formula is C9H16N4O2S. The van der Waals surface area contributed by atoms with Crippen molar-refractivity contribution in [2.24, 2.45) is 0 Å². The van der Waals surface area contributed by atoms with Gasteiger partial charge in [0, 0.05) is 26.7 Å². The molecule has 1 rings (SSSR count). The Hall–Kier alpha value is -1.21. The van der Waals surface area contributed by atoms with E-state index >= 15 is 0 Å². The fourth-order valence-corrected chi connectivity index (χ4v) is 1.88. The normalized spacial score (nSPS) is 10.2. The van der Waals surface area contributed by atoms with Gasteiger partial charge in [0.05, 0.1) is 0 Å². The predicted molar refractivity (Wildman–Crippen MR) is 62.7 cm³/mol. The van der Waals surface area contributed by atoms with Crippen LogP contribution < -0.4 is 5.32 Å². The van der Waals surface area contributed by atoms with Crippen molar-refractivity contribution in [3.05, 3.63) is 5.01 Å². The molecule has 0 saturated carbocycles. The van der Waals surface area contributed by atoms with Gasteiger partial charge in [0.2, 0.25) is 10.1 Å². The molecule has 1 heterocycles. The minimum atomic E-state index is -0.130. The number of aromatic nitrogens is 2. The zero-order valence-electron chi connectivity index (χ0n) is 9.43. The number of carbonyl (C=O) groups excluding carboxylic acids is 1. The van der Waals surface area contributed by atoms with Crippen molar-refractivity contribution < 1.29 is 9.90 Å². The number of nitrogens with one attached hydrogen (secondary N) is 1. The molecule has 0 aliphatic carbocycles. The highest BCUT2D eigenvalue weighted by atomic mass is 32.1. The third-order valence-electron chi connectivity index (χ3n) is 2.08. The van der Waals surface area contributed by atoms with Crippen LogP contribution in [0.25, 0.3) is 0 Å². The Kier molecular flexibility index (Phi) is 5.13. The van der Waals surface area contributed by atoms with Crippen molar-refractivity contribution in [1.82, 2.24) is 15.1 Å². The monoisotopic (exact) mass is 244 g/mol. The summed E-state index contributed by atoms with van der Waals surface area (Å²) >= 11 is 1.23. The third-order valence-corrected chi connectivity index (χ3v) is 3.01. The first-order valence-electron chi connectivity index (χ1n) is 5.14. The molecule has 2 N–H and O–H groups in total. The number of hydrogen-bond acceptors (Lipinski definition) is 6. The molecular weight excluding hydrogens is 228 g/mol. The Morgan fingerprint density at radius 2 is 2.31 bits per heavy atom. The van der Waals surface area contributed by atoms with Crippen LogP contribution in [0.4, 0.5) is 5.13 Å². The van der Waals surface area contributed by atoms with E-state index < -0.39 is 0 Å². The van der Waals surface area contributed by atoms with Crippen LogP contribution in [0.2, 0.25) is 0 Å². The molecule has 16 heavy (non-hydrogen) atoms. The van der Waals surface area contributed by atoms with Gasteiger partial charge in [-0.25, -0.2) is 0 Å². The lowest BCUT2D eigenvalue weighted by atomic mass is 10.4. The van der Waals surface area contributed by atoms with Gasteiger partial charge in [0.25, 0.3) is 5.91 Å². The highest BCUT2D eigenvalue weighted by Crippen LogP contribution is 2.16. The number of carbonyl (C=O) groups is 1. The van der Waals surface area contributed by atoms with Crippen molar-refractivity contribution in [3.63, 3.8) is 0 Å². The molecule has 1 aromatic rings. The van der Waals surface area contributed by atoms with Crippen LogP contribution in [0.15, 0.2) is 0 Å². The lowest BCUT2D eigenvalue weighted by Gasteiger charge is -2.18. The Morgan fingerprint density at radius 1 is 1.56 bits per heavy atom. The van der Waals surface area contributed by atoms with Gasteiger partial charge < -0.3 is 15.3 Å². The fraction of sp³-hybridized carbons (Fsp3) is 0.667. The second-order valence-corrected chi connectivity index (χ2v) is 4.10. The summed E-state index contributed by atoms with van der Waals surface area (Å²) in [6.07, 6.45) is 0.581. The molecule has 0 bridgehead atoms. The molecule has 1 amide bonds. The van der Waals surface area contributed by atoms with Crippen LogP contribution in [0.1, 0.15) is 23.1 Å². The zero-order valence-corrected chi connectivity index (χ0v) is 10.3. The van der Waals surface area contributed by atoms with E-state index in [0.717, 1.165) is 0 Å². The standard InChI is InChI=1S/C9H16N4O2S/c1-3-13(5-4-6-14)8(15)7-11-12-9(10-2)16-7/h14H,3-6H2,1-2H3,(H,10,12). The van der Waals surface area contributed by atoms with E-state index in [2.05, 4.69) is 15.5 Å². The van der Waals surface area contributed by atoms with E-state index in [-0.39, 0.29) is 12.5 Å². The summed E-state index contributed by atoms with van der Waals surface area (Å²) in [4.78, 5) is 13.6. The van der Waals surface area contributed by atoms with Crippen LogP contribution in [-0.4, -0.2) is 52.9 Å². The maximum Gasteiger partial charge on any atom is 0.284 e. The van der Waals surface area contributed by atoms with Gasteiger partial charge >= 0.3 is 0 Å². The van der Waals surface area contributed by atoms with Gasteiger partial charge in [-0.3, -0.25) is 4.79 Å². The van der Waals surface area contributed by atoms with Gasteiger partial charge in [-0.2, -0.15) is 0 Å². The van der Waals surface area contributed by atoms with Crippen molar-refractivity contribution in [1.29, 1.82) is 0 Å². The van der Waals surface area contributed by atoms with Crippen molar-refractivity contribution in [2.45, 2.75) is 13.3 Å². The molecule has 6 nitrogen and oxygen atoms in total. The smallest absolute Gasteiger partial charge is 0.284 e. The first kappa shape index (κ1) is 12.9. The highest BCUT2D eigenvalue weighted by molar-refractivity contribution is 7.17. The van der Waals surface area contributed by atoms with Gasteiger partial charge in [0.1, 0.15) is 0 Å². The summed E-state index contributed by atoms with van der Waals surface area (Å²) in [5.74, 6) is -0.130. The number of nitrogens with zero attached hydrogens (tertiary/aromatic N) is 3. The average Bonchev–Trinajstić information content (AvgIpc) is 2.78. The van der Waals surface area contributed by atoms with Crippen LogP contribution in [0.5, 0.6) is 0 Å². The van der Waals surface area contributed by atoms with Gasteiger partial charge in [-0.1, -0.05) is 11.3 Å². The van der Waals surface area contributed by atoms with Crippen LogP contribution in [0.3, 0.4) is 0 Å². The summed E-state index contributed by atoms with van der Waals surface area (Å²) in [6, 6.07) is 0. The highest BCUT2D eigenvalue weighted by Gasteiger charge is 2.18. The van der Waals surface area contributed by atoms with Crippen LogP contribution >= 0.6 is 11.3 Å². The molecule has 1 aromatic heterocycles. The largest absolute Gasteiger partial charge is 0.396 e. The van der Waals surface area contributed by atoms with Crippen molar-refractivity contribution >= 4 is 22.4 Å². The minimum Gasteiger partial charge on any atom is -0.396 e. The van der Waals surface area contributed by atoms with Gasteiger partial charge in [-0.05, 0) is 13.3 Å². The predicted octanol–water partition coefficient (Wildman–Crippen LogP) is 0.424. The van der Waals surface area contributed by atoms with Crippen LogP contribution in [0, 0.1) is 0 Å².